The molecule has 0 saturated carbocycles. The van der Waals surface area contributed by atoms with E-state index in [1.807, 2.05) is 6.07 Å². The van der Waals surface area contributed by atoms with Crippen molar-refractivity contribution in [1.82, 2.24) is 5.32 Å². The number of methoxy groups -OCH3 is 1. The zero-order valence-electron chi connectivity index (χ0n) is 14.4. The van der Waals surface area contributed by atoms with Crippen molar-refractivity contribution in [2.75, 3.05) is 12.0 Å². The minimum atomic E-state index is -0.812. The van der Waals surface area contributed by atoms with Crippen molar-refractivity contribution in [3.8, 4) is 5.75 Å². The number of barbiturate groups is 1. The number of imide groups is 2. The number of anilines is 1. The average Bonchev–Trinajstić information content (AvgIpc) is 2.61. The van der Waals surface area contributed by atoms with Gasteiger partial charge < -0.3 is 4.74 Å². The van der Waals surface area contributed by atoms with Crippen molar-refractivity contribution >= 4 is 63.8 Å². The number of carbonyl (C=O) groups excluding carboxylic acids is 3. The van der Waals surface area contributed by atoms with Gasteiger partial charge in [-0.3, -0.25) is 14.9 Å². The maximum Gasteiger partial charge on any atom is 0.335 e. The lowest BCUT2D eigenvalue weighted by Crippen LogP contribution is -2.54. The second-order valence-corrected chi connectivity index (χ2v) is 7.50. The van der Waals surface area contributed by atoms with Crippen LogP contribution in [-0.4, -0.2) is 25.0 Å². The van der Waals surface area contributed by atoms with Crippen LogP contribution >= 0.6 is 34.2 Å². The molecule has 0 aromatic heterocycles. The SMILES string of the molecule is COc1cc(I)cc(/C=C2\C(=O)NC(=O)N(c3cc(Cl)ccc3C)C2=O)c1. The summed E-state index contributed by atoms with van der Waals surface area (Å²) in [5.41, 5.74) is 1.45. The summed E-state index contributed by atoms with van der Waals surface area (Å²) in [5, 5.41) is 2.58. The fraction of sp³-hybridized carbons (Fsp3) is 0.105. The summed E-state index contributed by atoms with van der Waals surface area (Å²) < 4.78 is 6.09. The van der Waals surface area contributed by atoms with E-state index in [1.54, 1.807) is 31.2 Å². The van der Waals surface area contributed by atoms with Gasteiger partial charge in [0.25, 0.3) is 11.8 Å². The average molecular weight is 497 g/mol. The molecule has 27 heavy (non-hydrogen) atoms. The van der Waals surface area contributed by atoms with Crippen LogP contribution in [0.5, 0.6) is 5.75 Å². The van der Waals surface area contributed by atoms with E-state index >= 15 is 0 Å². The Labute approximate surface area is 174 Å². The number of nitrogens with zero attached hydrogens (tertiary/aromatic N) is 1. The number of halogens is 2. The van der Waals surface area contributed by atoms with Crippen molar-refractivity contribution in [1.29, 1.82) is 0 Å². The number of nitrogens with one attached hydrogen (secondary N) is 1. The molecule has 0 aliphatic carbocycles. The topological polar surface area (TPSA) is 75.7 Å². The predicted octanol–water partition coefficient (Wildman–Crippen LogP) is 3.93. The van der Waals surface area contributed by atoms with Crippen molar-refractivity contribution < 1.29 is 19.1 Å². The van der Waals surface area contributed by atoms with Crippen LogP contribution in [-0.2, 0) is 9.59 Å². The molecule has 2 aromatic rings. The highest BCUT2D eigenvalue weighted by Crippen LogP contribution is 2.28. The first kappa shape index (κ1) is 19.4. The van der Waals surface area contributed by atoms with E-state index in [2.05, 4.69) is 27.9 Å². The number of benzene rings is 2. The summed E-state index contributed by atoms with van der Waals surface area (Å²) in [7, 11) is 1.53. The highest BCUT2D eigenvalue weighted by Gasteiger charge is 2.37. The third-order valence-corrected chi connectivity index (χ3v) is 4.81. The Morgan fingerprint density at radius 3 is 2.59 bits per heavy atom. The fourth-order valence-corrected chi connectivity index (χ4v) is 3.48. The van der Waals surface area contributed by atoms with E-state index in [4.69, 9.17) is 16.3 Å². The van der Waals surface area contributed by atoms with E-state index in [1.165, 1.54) is 19.3 Å². The molecule has 0 radical (unpaired) electrons. The molecule has 6 nitrogen and oxygen atoms in total. The summed E-state index contributed by atoms with van der Waals surface area (Å²) >= 11 is 8.12. The molecule has 138 valence electrons. The third-order valence-electron chi connectivity index (χ3n) is 3.95. The predicted molar refractivity (Wildman–Crippen MR) is 111 cm³/mol. The standard InChI is InChI=1S/C19H14ClIN2O4/c1-10-3-4-12(20)8-16(10)23-18(25)15(17(24)22-19(23)26)7-11-5-13(21)9-14(6-11)27-2/h3-9H,1-2H3,(H,22,24,26)/b15-7+. The fourth-order valence-electron chi connectivity index (χ4n) is 2.65. The van der Waals surface area contributed by atoms with Gasteiger partial charge in [0.15, 0.2) is 0 Å². The number of ether oxygens (including phenoxy) is 1. The van der Waals surface area contributed by atoms with Crippen LogP contribution in [0.15, 0.2) is 42.0 Å². The zero-order chi connectivity index (χ0) is 19.7. The molecule has 0 unspecified atom stereocenters. The molecule has 8 heteroatoms. The minimum Gasteiger partial charge on any atom is -0.497 e. The van der Waals surface area contributed by atoms with Crippen LogP contribution in [0.2, 0.25) is 5.02 Å². The summed E-state index contributed by atoms with van der Waals surface area (Å²) in [5.74, 6) is -0.873. The molecule has 1 heterocycles. The number of rotatable bonds is 3. The normalized spacial score (nSPS) is 15.9. The van der Waals surface area contributed by atoms with Gasteiger partial charge in [-0.15, -0.1) is 0 Å². The van der Waals surface area contributed by atoms with Gasteiger partial charge in [0.1, 0.15) is 11.3 Å². The molecule has 4 amide bonds. The molecular weight excluding hydrogens is 483 g/mol. The van der Waals surface area contributed by atoms with Gasteiger partial charge in [0.2, 0.25) is 0 Å². The second kappa shape index (κ2) is 7.69. The largest absolute Gasteiger partial charge is 0.497 e. The second-order valence-electron chi connectivity index (χ2n) is 5.81. The van der Waals surface area contributed by atoms with Gasteiger partial charge in [-0.1, -0.05) is 17.7 Å². The minimum absolute atomic E-state index is 0.155. The molecule has 2 aromatic carbocycles. The van der Waals surface area contributed by atoms with E-state index in [-0.39, 0.29) is 5.57 Å². The molecular formula is C19H14ClIN2O4. The Morgan fingerprint density at radius 2 is 1.89 bits per heavy atom. The Bertz CT molecular complexity index is 1000. The number of urea groups is 1. The number of hydrogen-bond acceptors (Lipinski definition) is 4. The van der Waals surface area contributed by atoms with Crippen LogP contribution in [0.4, 0.5) is 10.5 Å². The Hall–Kier alpha value is -2.39. The van der Waals surface area contributed by atoms with Crippen molar-refractivity contribution in [3.05, 3.63) is 61.7 Å². The van der Waals surface area contributed by atoms with Crippen molar-refractivity contribution in [2.45, 2.75) is 6.92 Å². The smallest absolute Gasteiger partial charge is 0.335 e. The van der Waals surface area contributed by atoms with Gasteiger partial charge in [-0.2, -0.15) is 0 Å². The van der Waals surface area contributed by atoms with Crippen LogP contribution in [0.3, 0.4) is 0 Å². The van der Waals surface area contributed by atoms with E-state index in [9.17, 15) is 14.4 Å². The van der Waals surface area contributed by atoms with Crippen molar-refractivity contribution in [2.24, 2.45) is 0 Å². The molecule has 0 spiro atoms. The highest BCUT2D eigenvalue weighted by molar-refractivity contribution is 14.1. The van der Waals surface area contributed by atoms with E-state index < -0.39 is 17.8 Å². The van der Waals surface area contributed by atoms with Crippen LogP contribution < -0.4 is 15.0 Å². The molecule has 0 atom stereocenters. The molecule has 0 bridgehead atoms. The highest BCUT2D eigenvalue weighted by atomic mass is 127. The van der Waals surface area contributed by atoms with Crippen LogP contribution in [0.25, 0.3) is 6.08 Å². The lowest BCUT2D eigenvalue weighted by molar-refractivity contribution is -0.122. The first-order valence-corrected chi connectivity index (χ1v) is 9.28. The lowest BCUT2D eigenvalue weighted by atomic mass is 10.1. The third kappa shape index (κ3) is 3.98. The van der Waals surface area contributed by atoms with E-state index in [0.717, 1.165) is 8.47 Å². The monoisotopic (exact) mass is 496 g/mol. The quantitative estimate of drug-likeness (QED) is 0.397. The first-order valence-electron chi connectivity index (χ1n) is 7.82. The maximum absolute atomic E-state index is 13.0. The molecule has 1 N–H and O–H groups in total. The number of hydrogen-bond donors (Lipinski definition) is 1. The Balaban J connectivity index is 2.08. The Morgan fingerprint density at radius 1 is 1.15 bits per heavy atom. The molecule has 1 saturated heterocycles. The molecule has 1 aliphatic rings. The summed E-state index contributed by atoms with van der Waals surface area (Å²) in [4.78, 5) is 38.5. The molecule has 3 rings (SSSR count). The summed E-state index contributed by atoms with van der Waals surface area (Å²) in [6, 6.07) is 9.36. The van der Waals surface area contributed by atoms with E-state index in [0.29, 0.717) is 27.6 Å². The number of aryl methyl sites for hydroxylation is 1. The summed E-state index contributed by atoms with van der Waals surface area (Å²) in [6.07, 6.45) is 1.43. The molecule has 1 aliphatic heterocycles. The first-order chi connectivity index (χ1) is 12.8. The maximum atomic E-state index is 13.0. The van der Waals surface area contributed by atoms with Gasteiger partial charge in [-0.05, 0) is 77.0 Å². The summed E-state index contributed by atoms with van der Waals surface area (Å²) in [6.45, 7) is 1.75. The number of carbonyl (C=O) groups is 3. The van der Waals surface area contributed by atoms with Gasteiger partial charge >= 0.3 is 6.03 Å². The van der Waals surface area contributed by atoms with Gasteiger partial charge in [-0.25, -0.2) is 9.69 Å². The van der Waals surface area contributed by atoms with Gasteiger partial charge in [0, 0.05) is 8.59 Å². The van der Waals surface area contributed by atoms with Crippen molar-refractivity contribution in [3.63, 3.8) is 0 Å². The Kier molecular flexibility index (Phi) is 5.52. The van der Waals surface area contributed by atoms with Gasteiger partial charge in [0.05, 0.1) is 12.8 Å². The number of amides is 4. The van der Waals surface area contributed by atoms with Crippen LogP contribution in [0.1, 0.15) is 11.1 Å². The molecule has 1 fully saturated rings. The zero-order valence-corrected chi connectivity index (χ0v) is 17.3. The lowest BCUT2D eigenvalue weighted by Gasteiger charge is -2.27. The van der Waals surface area contributed by atoms with Crippen LogP contribution in [0, 0.1) is 10.5 Å².